The summed E-state index contributed by atoms with van der Waals surface area (Å²) in [5.74, 6) is 7.10. The Hall–Kier alpha value is -2.34. The Kier molecular flexibility index (Phi) is 4.94. The van der Waals surface area contributed by atoms with Crippen molar-refractivity contribution in [3.05, 3.63) is 41.9 Å². The summed E-state index contributed by atoms with van der Waals surface area (Å²) in [6, 6.07) is 5.72. The highest BCUT2D eigenvalue weighted by Crippen LogP contribution is 2.29. The fraction of sp³-hybridized carbons (Fsp3) is 0.333. The quantitative estimate of drug-likeness (QED) is 0.648. The van der Waals surface area contributed by atoms with Gasteiger partial charge in [-0.05, 0) is 26.0 Å². The third-order valence-electron chi connectivity index (χ3n) is 2.89. The molecule has 0 aliphatic heterocycles. The highest BCUT2D eigenvalue weighted by Gasteiger charge is 2.12. The van der Waals surface area contributed by atoms with E-state index in [0.717, 1.165) is 22.7 Å². The first kappa shape index (κ1) is 15.1. The smallest absolute Gasteiger partial charge is 0.232 e. The van der Waals surface area contributed by atoms with Crippen LogP contribution in [0, 0.1) is 6.92 Å². The second-order valence-electron chi connectivity index (χ2n) is 4.59. The summed E-state index contributed by atoms with van der Waals surface area (Å²) in [4.78, 5) is 8.33. The Labute approximate surface area is 124 Å². The second-order valence-corrected chi connectivity index (χ2v) is 4.59. The zero-order valence-electron chi connectivity index (χ0n) is 12.5. The number of hydrazine groups is 1. The number of hydrogen-bond donors (Lipinski definition) is 1. The van der Waals surface area contributed by atoms with Crippen molar-refractivity contribution in [2.75, 3.05) is 18.7 Å². The van der Waals surface area contributed by atoms with Gasteiger partial charge in [-0.3, -0.25) is 4.98 Å². The Morgan fingerprint density at radius 1 is 1.24 bits per heavy atom. The molecule has 0 atom stereocenters. The topological polar surface area (TPSA) is 73.5 Å². The standard InChI is InChI=1S/C15H20N4O2/c1-4-20-14-7-5-6-13(19(3)16)12(14)10-21-15-9-17-8-11(2)18-15/h5-9H,4,10,16H2,1-3H3. The summed E-state index contributed by atoms with van der Waals surface area (Å²) in [5, 5.41) is 1.54. The van der Waals surface area contributed by atoms with Crippen molar-refractivity contribution >= 4 is 5.69 Å². The van der Waals surface area contributed by atoms with Gasteiger partial charge in [0.15, 0.2) is 0 Å². The van der Waals surface area contributed by atoms with Crippen LogP contribution < -0.4 is 20.3 Å². The Morgan fingerprint density at radius 2 is 2.05 bits per heavy atom. The summed E-state index contributed by atoms with van der Waals surface area (Å²) >= 11 is 0. The van der Waals surface area contributed by atoms with E-state index in [2.05, 4.69) is 9.97 Å². The van der Waals surface area contributed by atoms with Crippen LogP contribution in [0.15, 0.2) is 30.6 Å². The number of ether oxygens (including phenoxy) is 2. The molecule has 2 rings (SSSR count). The lowest BCUT2D eigenvalue weighted by atomic mass is 10.1. The van der Waals surface area contributed by atoms with Gasteiger partial charge >= 0.3 is 0 Å². The van der Waals surface area contributed by atoms with Gasteiger partial charge in [0.1, 0.15) is 12.4 Å². The summed E-state index contributed by atoms with van der Waals surface area (Å²) in [5.41, 5.74) is 2.54. The molecule has 0 amide bonds. The number of aryl methyl sites for hydroxylation is 1. The monoisotopic (exact) mass is 288 g/mol. The Balaban J connectivity index is 2.24. The fourth-order valence-corrected chi connectivity index (χ4v) is 1.98. The molecule has 0 aliphatic carbocycles. The van der Waals surface area contributed by atoms with Gasteiger partial charge in [-0.15, -0.1) is 0 Å². The lowest BCUT2D eigenvalue weighted by molar-refractivity contribution is 0.276. The van der Waals surface area contributed by atoms with Gasteiger partial charge in [-0.25, -0.2) is 10.8 Å². The molecule has 1 heterocycles. The van der Waals surface area contributed by atoms with Gasteiger partial charge in [0.25, 0.3) is 0 Å². The first-order valence-corrected chi connectivity index (χ1v) is 6.76. The summed E-state index contributed by atoms with van der Waals surface area (Å²) in [6.07, 6.45) is 3.27. The number of aromatic nitrogens is 2. The highest BCUT2D eigenvalue weighted by molar-refractivity contribution is 5.58. The van der Waals surface area contributed by atoms with Gasteiger partial charge in [0, 0.05) is 13.2 Å². The van der Waals surface area contributed by atoms with Crippen molar-refractivity contribution in [1.29, 1.82) is 0 Å². The molecular weight excluding hydrogens is 268 g/mol. The molecular formula is C15H20N4O2. The zero-order chi connectivity index (χ0) is 15.2. The lowest BCUT2D eigenvalue weighted by Crippen LogP contribution is -2.26. The van der Waals surface area contributed by atoms with Crippen LogP contribution in [0.1, 0.15) is 18.2 Å². The van der Waals surface area contributed by atoms with Gasteiger partial charge in [-0.2, -0.15) is 0 Å². The maximum atomic E-state index is 5.87. The maximum absolute atomic E-state index is 5.87. The summed E-state index contributed by atoms with van der Waals surface area (Å²) in [6.45, 7) is 4.70. The average Bonchev–Trinajstić information content (AvgIpc) is 2.46. The van der Waals surface area contributed by atoms with E-state index in [1.165, 1.54) is 0 Å². The summed E-state index contributed by atoms with van der Waals surface area (Å²) in [7, 11) is 1.78. The lowest BCUT2D eigenvalue weighted by Gasteiger charge is -2.20. The number of nitrogens with two attached hydrogens (primary N) is 1. The molecule has 2 aromatic rings. The zero-order valence-corrected chi connectivity index (χ0v) is 12.5. The van der Waals surface area contributed by atoms with Gasteiger partial charge < -0.3 is 14.5 Å². The normalized spacial score (nSPS) is 10.3. The first-order valence-electron chi connectivity index (χ1n) is 6.76. The van der Waals surface area contributed by atoms with Gasteiger partial charge in [0.05, 0.1) is 29.7 Å². The molecule has 112 valence electrons. The van der Waals surface area contributed by atoms with Crippen molar-refractivity contribution in [2.24, 2.45) is 5.84 Å². The first-order chi connectivity index (χ1) is 10.1. The van der Waals surface area contributed by atoms with Crippen LogP contribution in [0.25, 0.3) is 0 Å². The molecule has 6 heteroatoms. The van der Waals surface area contributed by atoms with Crippen LogP contribution >= 0.6 is 0 Å². The molecule has 0 fully saturated rings. The predicted octanol–water partition coefficient (Wildman–Crippen LogP) is 2.07. The van der Waals surface area contributed by atoms with Crippen LogP contribution in [-0.4, -0.2) is 23.6 Å². The number of anilines is 1. The van der Waals surface area contributed by atoms with E-state index < -0.39 is 0 Å². The van der Waals surface area contributed by atoms with Gasteiger partial charge in [0.2, 0.25) is 5.88 Å². The average molecular weight is 288 g/mol. The van der Waals surface area contributed by atoms with E-state index >= 15 is 0 Å². The molecule has 0 bridgehead atoms. The van der Waals surface area contributed by atoms with E-state index in [1.807, 2.05) is 32.0 Å². The molecule has 6 nitrogen and oxygen atoms in total. The fourth-order valence-electron chi connectivity index (χ4n) is 1.98. The minimum Gasteiger partial charge on any atom is -0.493 e. The van der Waals surface area contributed by atoms with Crippen molar-refractivity contribution in [2.45, 2.75) is 20.5 Å². The molecule has 2 N–H and O–H groups in total. The number of benzene rings is 1. The van der Waals surface area contributed by atoms with Crippen molar-refractivity contribution in [3.8, 4) is 11.6 Å². The van der Waals surface area contributed by atoms with E-state index in [1.54, 1.807) is 24.5 Å². The van der Waals surface area contributed by atoms with Crippen molar-refractivity contribution < 1.29 is 9.47 Å². The third kappa shape index (κ3) is 3.82. The molecule has 0 spiro atoms. The second kappa shape index (κ2) is 6.90. The number of nitrogens with zero attached hydrogens (tertiary/aromatic N) is 3. The molecule has 0 unspecified atom stereocenters. The molecule has 0 saturated heterocycles. The molecule has 21 heavy (non-hydrogen) atoms. The maximum Gasteiger partial charge on any atom is 0.232 e. The number of rotatable bonds is 6. The summed E-state index contributed by atoms with van der Waals surface area (Å²) < 4.78 is 11.4. The van der Waals surface area contributed by atoms with E-state index in [-0.39, 0.29) is 0 Å². The highest BCUT2D eigenvalue weighted by atomic mass is 16.5. The Morgan fingerprint density at radius 3 is 2.71 bits per heavy atom. The third-order valence-corrected chi connectivity index (χ3v) is 2.89. The van der Waals surface area contributed by atoms with E-state index in [0.29, 0.717) is 19.1 Å². The largest absolute Gasteiger partial charge is 0.493 e. The SMILES string of the molecule is CCOc1cccc(N(C)N)c1COc1cncc(C)n1. The van der Waals surface area contributed by atoms with Crippen LogP contribution in [0.3, 0.4) is 0 Å². The van der Waals surface area contributed by atoms with E-state index in [9.17, 15) is 0 Å². The van der Waals surface area contributed by atoms with E-state index in [4.69, 9.17) is 15.3 Å². The molecule has 1 aromatic heterocycles. The molecule has 0 saturated carbocycles. The van der Waals surface area contributed by atoms with Gasteiger partial charge in [-0.1, -0.05) is 6.07 Å². The predicted molar refractivity (Wildman–Crippen MR) is 81.3 cm³/mol. The minimum atomic E-state index is 0.311. The van der Waals surface area contributed by atoms with Crippen LogP contribution in [0.5, 0.6) is 11.6 Å². The van der Waals surface area contributed by atoms with Crippen LogP contribution in [-0.2, 0) is 6.61 Å². The molecule has 0 aliphatic rings. The molecule has 1 aromatic carbocycles. The Bertz CT molecular complexity index is 602. The van der Waals surface area contributed by atoms with Crippen LogP contribution in [0.2, 0.25) is 0 Å². The van der Waals surface area contributed by atoms with Crippen molar-refractivity contribution in [3.63, 3.8) is 0 Å². The van der Waals surface area contributed by atoms with Crippen molar-refractivity contribution in [1.82, 2.24) is 9.97 Å². The van der Waals surface area contributed by atoms with Crippen LogP contribution in [0.4, 0.5) is 5.69 Å². The number of hydrogen-bond acceptors (Lipinski definition) is 6. The molecule has 0 radical (unpaired) electrons. The minimum absolute atomic E-state index is 0.311.